The summed E-state index contributed by atoms with van der Waals surface area (Å²) in [4.78, 5) is 2.20. The van der Waals surface area contributed by atoms with Gasteiger partial charge in [0.1, 0.15) is 0 Å². The Hall–Kier alpha value is -0.120. The summed E-state index contributed by atoms with van der Waals surface area (Å²) in [5.74, 6) is 0. The normalized spacial score (nSPS) is 32.1. The SMILES string of the molecule is CC([NH])N1CCNCC1C. The average Bonchev–Trinajstić information content (AvgIpc) is 1.88. The van der Waals surface area contributed by atoms with E-state index >= 15 is 0 Å². The lowest BCUT2D eigenvalue weighted by Gasteiger charge is -2.36. The van der Waals surface area contributed by atoms with Gasteiger partial charge in [0.15, 0.2) is 0 Å². The van der Waals surface area contributed by atoms with Crippen LogP contribution in [0.2, 0.25) is 0 Å². The van der Waals surface area contributed by atoms with Crippen LogP contribution in [-0.2, 0) is 0 Å². The highest BCUT2D eigenvalue weighted by atomic mass is 15.3. The van der Waals surface area contributed by atoms with Crippen molar-refractivity contribution < 1.29 is 0 Å². The minimum atomic E-state index is -0.0444. The van der Waals surface area contributed by atoms with E-state index in [4.69, 9.17) is 5.73 Å². The maximum Gasteiger partial charge on any atom is 0.0704 e. The molecule has 0 spiro atoms. The third kappa shape index (κ3) is 1.68. The predicted molar refractivity (Wildman–Crippen MR) is 41.6 cm³/mol. The average molecular weight is 142 g/mol. The second-order valence-corrected chi connectivity index (χ2v) is 2.97. The Balaban J connectivity index is 2.40. The summed E-state index contributed by atoms with van der Waals surface area (Å²) in [6.45, 7) is 7.18. The van der Waals surface area contributed by atoms with Crippen LogP contribution in [0.3, 0.4) is 0 Å². The number of hydrogen-bond donors (Lipinski definition) is 1. The van der Waals surface area contributed by atoms with Gasteiger partial charge in [-0.25, -0.2) is 5.73 Å². The fraction of sp³-hybridized carbons (Fsp3) is 1.00. The highest BCUT2D eigenvalue weighted by molar-refractivity contribution is 4.77. The van der Waals surface area contributed by atoms with Gasteiger partial charge in [-0.2, -0.15) is 0 Å². The summed E-state index contributed by atoms with van der Waals surface area (Å²) >= 11 is 0. The Kier molecular flexibility index (Phi) is 2.65. The molecule has 1 radical (unpaired) electrons. The fourth-order valence-corrected chi connectivity index (χ4v) is 1.43. The van der Waals surface area contributed by atoms with Crippen molar-refractivity contribution in [2.45, 2.75) is 26.1 Å². The molecule has 0 bridgehead atoms. The molecule has 0 aromatic heterocycles. The maximum absolute atomic E-state index is 7.50. The largest absolute Gasteiger partial charge is 0.314 e. The molecule has 1 aliphatic heterocycles. The quantitative estimate of drug-likeness (QED) is 0.555. The standard InChI is InChI=1S/C7H16N3/c1-6-5-9-3-4-10(6)7(2)8/h6-9H,3-5H2,1-2H3. The summed E-state index contributed by atoms with van der Waals surface area (Å²) in [5, 5.41) is 3.29. The summed E-state index contributed by atoms with van der Waals surface area (Å²) in [7, 11) is 0. The van der Waals surface area contributed by atoms with Crippen LogP contribution in [0.25, 0.3) is 0 Å². The van der Waals surface area contributed by atoms with Crippen molar-refractivity contribution in [1.82, 2.24) is 16.0 Å². The molecule has 2 unspecified atom stereocenters. The van der Waals surface area contributed by atoms with Crippen LogP contribution >= 0.6 is 0 Å². The van der Waals surface area contributed by atoms with Gasteiger partial charge in [-0.05, 0) is 13.8 Å². The van der Waals surface area contributed by atoms with E-state index in [0.29, 0.717) is 6.04 Å². The van der Waals surface area contributed by atoms with E-state index in [9.17, 15) is 0 Å². The lowest BCUT2D eigenvalue weighted by molar-refractivity contribution is 0.125. The van der Waals surface area contributed by atoms with Gasteiger partial charge in [0.2, 0.25) is 0 Å². The molecule has 2 atom stereocenters. The van der Waals surface area contributed by atoms with Crippen molar-refractivity contribution in [3.63, 3.8) is 0 Å². The van der Waals surface area contributed by atoms with Crippen molar-refractivity contribution >= 4 is 0 Å². The molecule has 0 aromatic rings. The van der Waals surface area contributed by atoms with Gasteiger partial charge in [-0.15, -0.1) is 0 Å². The Morgan fingerprint density at radius 1 is 1.70 bits per heavy atom. The number of piperazine rings is 1. The van der Waals surface area contributed by atoms with Gasteiger partial charge in [0.05, 0.1) is 6.17 Å². The van der Waals surface area contributed by atoms with Gasteiger partial charge in [-0.1, -0.05) is 0 Å². The molecule has 1 aliphatic rings. The van der Waals surface area contributed by atoms with Gasteiger partial charge in [-0.3, -0.25) is 4.90 Å². The molecule has 2 N–H and O–H groups in total. The van der Waals surface area contributed by atoms with Gasteiger partial charge in [0.25, 0.3) is 0 Å². The minimum Gasteiger partial charge on any atom is -0.314 e. The molecule has 0 amide bonds. The zero-order chi connectivity index (χ0) is 7.56. The molecular weight excluding hydrogens is 126 g/mol. The van der Waals surface area contributed by atoms with Gasteiger partial charge in [0, 0.05) is 25.7 Å². The molecule has 59 valence electrons. The monoisotopic (exact) mass is 142 g/mol. The van der Waals surface area contributed by atoms with E-state index in [1.54, 1.807) is 0 Å². The van der Waals surface area contributed by atoms with Gasteiger partial charge >= 0.3 is 0 Å². The molecule has 0 aromatic carbocycles. The number of rotatable bonds is 1. The number of nitrogens with zero attached hydrogens (tertiary/aromatic N) is 1. The first kappa shape index (κ1) is 7.98. The number of nitrogens with one attached hydrogen (secondary N) is 2. The van der Waals surface area contributed by atoms with E-state index in [1.165, 1.54) is 0 Å². The molecule has 1 saturated heterocycles. The smallest absolute Gasteiger partial charge is 0.0704 e. The van der Waals surface area contributed by atoms with Crippen LogP contribution in [0, 0.1) is 0 Å². The molecule has 3 heteroatoms. The third-order valence-corrected chi connectivity index (χ3v) is 2.05. The minimum absolute atomic E-state index is 0.0444. The zero-order valence-electron chi connectivity index (χ0n) is 6.72. The van der Waals surface area contributed by atoms with Crippen molar-refractivity contribution in [3.05, 3.63) is 0 Å². The summed E-state index contributed by atoms with van der Waals surface area (Å²) in [5.41, 5.74) is 7.50. The second-order valence-electron chi connectivity index (χ2n) is 2.97. The third-order valence-electron chi connectivity index (χ3n) is 2.05. The molecule has 1 heterocycles. The van der Waals surface area contributed by atoms with Crippen LogP contribution in [0.1, 0.15) is 13.8 Å². The molecule has 0 aliphatic carbocycles. The van der Waals surface area contributed by atoms with Crippen LogP contribution in [0.15, 0.2) is 0 Å². The Morgan fingerprint density at radius 3 is 2.80 bits per heavy atom. The highest BCUT2D eigenvalue weighted by Crippen LogP contribution is 2.04. The van der Waals surface area contributed by atoms with Gasteiger partial charge < -0.3 is 5.32 Å². The molecule has 10 heavy (non-hydrogen) atoms. The second kappa shape index (κ2) is 3.32. The zero-order valence-corrected chi connectivity index (χ0v) is 6.72. The summed E-state index contributed by atoms with van der Waals surface area (Å²) in [6, 6.07) is 0.529. The molecular formula is C7H16N3. The summed E-state index contributed by atoms with van der Waals surface area (Å²) < 4.78 is 0. The Morgan fingerprint density at radius 2 is 2.40 bits per heavy atom. The Bertz CT molecular complexity index is 103. The van der Waals surface area contributed by atoms with E-state index in [2.05, 4.69) is 17.1 Å². The van der Waals surface area contributed by atoms with Crippen LogP contribution < -0.4 is 11.1 Å². The van der Waals surface area contributed by atoms with E-state index < -0.39 is 0 Å². The maximum atomic E-state index is 7.50. The first-order valence-electron chi connectivity index (χ1n) is 3.89. The molecule has 1 fully saturated rings. The predicted octanol–water partition coefficient (Wildman–Crippen LogP) is -0.0910. The lowest BCUT2D eigenvalue weighted by atomic mass is 10.2. The van der Waals surface area contributed by atoms with Crippen LogP contribution in [0.5, 0.6) is 0 Å². The van der Waals surface area contributed by atoms with E-state index in [0.717, 1.165) is 19.6 Å². The lowest BCUT2D eigenvalue weighted by Crippen LogP contribution is -2.53. The summed E-state index contributed by atoms with van der Waals surface area (Å²) in [6.07, 6.45) is -0.0444. The van der Waals surface area contributed by atoms with E-state index in [-0.39, 0.29) is 6.17 Å². The van der Waals surface area contributed by atoms with E-state index in [1.807, 2.05) is 6.92 Å². The molecule has 3 nitrogen and oxygen atoms in total. The Labute approximate surface area is 62.6 Å². The number of hydrogen-bond acceptors (Lipinski definition) is 2. The molecule has 0 saturated carbocycles. The van der Waals surface area contributed by atoms with Crippen molar-refractivity contribution in [3.8, 4) is 0 Å². The fourth-order valence-electron chi connectivity index (χ4n) is 1.43. The highest BCUT2D eigenvalue weighted by Gasteiger charge is 2.20. The van der Waals surface area contributed by atoms with Crippen molar-refractivity contribution in [2.24, 2.45) is 0 Å². The van der Waals surface area contributed by atoms with Crippen molar-refractivity contribution in [1.29, 1.82) is 0 Å². The van der Waals surface area contributed by atoms with Crippen molar-refractivity contribution in [2.75, 3.05) is 19.6 Å². The van der Waals surface area contributed by atoms with Crippen LogP contribution in [-0.4, -0.2) is 36.7 Å². The topological polar surface area (TPSA) is 39.1 Å². The first-order valence-corrected chi connectivity index (χ1v) is 3.89. The van der Waals surface area contributed by atoms with Crippen LogP contribution in [0.4, 0.5) is 0 Å². The first-order chi connectivity index (χ1) is 4.72. The molecule has 1 rings (SSSR count).